The molecule has 1 heterocycles. The first-order chi connectivity index (χ1) is 10.1. The maximum Gasteiger partial charge on any atom is 0.225 e. The Morgan fingerprint density at radius 3 is 2.57 bits per heavy atom. The minimum absolute atomic E-state index is 0.0282. The van der Waals surface area contributed by atoms with Crippen LogP contribution >= 0.6 is 0 Å². The Labute approximate surface area is 125 Å². The van der Waals surface area contributed by atoms with E-state index in [1.165, 1.54) is 16.7 Å². The van der Waals surface area contributed by atoms with Gasteiger partial charge >= 0.3 is 0 Å². The molecule has 4 nitrogen and oxygen atoms in total. The second kappa shape index (κ2) is 7.55. The van der Waals surface area contributed by atoms with E-state index in [1.807, 2.05) is 37.3 Å². The maximum atomic E-state index is 11.9. The van der Waals surface area contributed by atoms with Crippen LogP contribution in [0, 0.1) is 13.8 Å². The van der Waals surface area contributed by atoms with Gasteiger partial charge in [0.15, 0.2) is 0 Å². The number of anilines is 1. The van der Waals surface area contributed by atoms with Crippen molar-refractivity contribution < 1.29 is 4.79 Å². The highest BCUT2D eigenvalue weighted by molar-refractivity contribution is 5.90. The van der Waals surface area contributed by atoms with Gasteiger partial charge in [-0.2, -0.15) is 0 Å². The molecule has 110 valence electrons. The molecule has 0 saturated carbocycles. The summed E-state index contributed by atoms with van der Waals surface area (Å²) in [6.45, 7) is 5.50. The van der Waals surface area contributed by atoms with Crippen LogP contribution in [0.3, 0.4) is 0 Å². The smallest absolute Gasteiger partial charge is 0.225 e. The van der Waals surface area contributed by atoms with Crippen molar-refractivity contribution in [2.75, 3.05) is 11.9 Å². The molecule has 0 aliphatic carbocycles. The van der Waals surface area contributed by atoms with E-state index in [2.05, 4.69) is 22.5 Å². The van der Waals surface area contributed by atoms with Crippen molar-refractivity contribution in [1.82, 2.24) is 10.3 Å². The molecule has 1 amide bonds. The Morgan fingerprint density at radius 2 is 1.86 bits per heavy atom. The summed E-state index contributed by atoms with van der Waals surface area (Å²) in [5.41, 5.74) is 4.44. The topological polar surface area (TPSA) is 54.0 Å². The lowest BCUT2D eigenvalue weighted by Gasteiger charge is -2.08. The standard InChI is InChI=1S/C17H21N3O/c1-13-3-4-16(11-14(13)2)20-17(21)7-10-19-12-15-5-8-18-9-6-15/h3-6,8-9,11,19H,7,10,12H2,1-2H3,(H,20,21). The van der Waals surface area contributed by atoms with Crippen molar-refractivity contribution in [2.45, 2.75) is 26.8 Å². The quantitative estimate of drug-likeness (QED) is 0.802. The highest BCUT2D eigenvalue weighted by atomic mass is 16.1. The van der Waals surface area contributed by atoms with Gasteiger partial charge in [-0.05, 0) is 54.8 Å². The minimum Gasteiger partial charge on any atom is -0.326 e. The number of nitrogens with one attached hydrogen (secondary N) is 2. The molecule has 2 rings (SSSR count). The Bertz CT molecular complexity index is 596. The average molecular weight is 283 g/mol. The molecule has 1 aromatic carbocycles. The van der Waals surface area contributed by atoms with Gasteiger partial charge in [0.1, 0.15) is 0 Å². The van der Waals surface area contributed by atoms with Crippen LogP contribution in [0.5, 0.6) is 0 Å². The number of hydrogen-bond donors (Lipinski definition) is 2. The Balaban J connectivity index is 1.71. The first-order valence-electron chi connectivity index (χ1n) is 7.12. The fourth-order valence-corrected chi connectivity index (χ4v) is 1.98. The zero-order chi connectivity index (χ0) is 15.1. The summed E-state index contributed by atoms with van der Waals surface area (Å²) in [6, 6.07) is 9.87. The molecule has 0 aliphatic heterocycles. The van der Waals surface area contributed by atoms with Crippen molar-refractivity contribution in [3.63, 3.8) is 0 Å². The number of aromatic nitrogens is 1. The monoisotopic (exact) mass is 283 g/mol. The van der Waals surface area contributed by atoms with E-state index in [-0.39, 0.29) is 5.91 Å². The lowest BCUT2D eigenvalue weighted by atomic mass is 10.1. The second-order valence-electron chi connectivity index (χ2n) is 5.13. The summed E-state index contributed by atoms with van der Waals surface area (Å²) in [7, 11) is 0. The third-order valence-corrected chi connectivity index (χ3v) is 3.40. The third-order valence-electron chi connectivity index (χ3n) is 3.40. The first-order valence-corrected chi connectivity index (χ1v) is 7.12. The SMILES string of the molecule is Cc1ccc(NC(=O)CCNCc2ccncc2)cc1C. The predicted octanol–water partition coefficient (Wildman–Crippen LogP) is 2.82. The van der Waals surface area contributed by atoms with Crippen molar-refractivity contribution in [3.8, 4) is 0 Å². The number of amides is 1. The average Bonchev–Trinajstić information content (AvgIpc) is 2.49. The van der Waals surface area contributed by atoms with Crippen LogP contribution in [0.4, 0.5) is 5.69 Å². The summed E-state index contributed by atoms with van der Waals surface area (Å²) >= 11 is 0. The van der Waals surface area contributed by atoms with Crippen LogP contribution < -0.4 is 10.6 Å². The van der Waals surface area contributed by atoms with Crippen LogP contribution in [0.25, 0.3) is 0 Å². The van der Waals surface area contributed by atoms with Crippen molar-refractivity contribution >= 4 is 11.6 Å². The molecule has 0 spiro atoms. The van der Waals surface area contributed by atoms with Gasteiger partial charge in [0, 0.05) is 37.6 Å². The van der Waals surface area contributed by atoms with Gasteiger partial charge in [0.2, 0.25) is 5.91 Å². The van der Waals surface area contributed by atoms with Gasteiger partial charge in [-0.1, -0.05) is 6.07 Å². The summed E-state index contributed by atoms with van der Waals surface area (Å²) in [4.78, 5) is 15.8. The van der Waals surface area contributed by atoms with E-state index in [0.29, 0.717) is 13.0 Å². The maximum absolute atomic E-state index is 11.9. The third kappa shape index (κ3) is 5.00. The number of hydrogen-bond acceptors (Lipinski definition) is 3. The first kappa shape index (κ1) is 15.2. The van der Waals surface area contributed by atoms with Crippen LogP contribution in [0.1, 0.15) is 23.1 Å². The summed E-state index contributed by atoms with van der Waals surface area (Å²) in [5.74, 6) is 0.0282. The van der Waals surface area contributed by atoms with E-state index in [0.717, 1.165) is 12.2 Å². The van der Waals surface area contributed by atoms with Crippen LogP contribution in [0.15, 0.2) is 42.7 Å². The molecule has 4 heteroatoms. The lowest BCUT2D eigenvalue weighted by molar-refractivity contribution is -0.116. The molecule has 0 aliphatic rings. The Kier molecular flexibility index (Phi) is 5.46. The number of carbonyl (C=O) groups excluding carboxylic acids is 1. The molecule has 0 saturated heterocycles. The Hall–Kier alpha value is -2.20. The van der Waals surface area contributed by atoms with Crippen LogP contribution in [-0.4, -0.2) is 17.4 Å². The molecule has 0 fully saturated rings. The van der Waals surface area contributed by atoms with E-state index in [9.17, 15) is 4.79 Å². The van der Waals surface area contributed by atoms with Gasteiger partial charge in [0.25, 0.3) is 0 Å². The fourth-order valence-electron chi connectivity index (χ4n) is 1.98. The summed E-state index contributed by atoms with van der Waals surface area (Å²) in [6.07, 6.45) is 3.99. The van der Waals surface area contributed by atoms with E-state index < -0.39 is 0 Å². The van der Waals surface area contributed by atoms with Gasteiger partial charge in [0.05, 0.1) is 0 Å². The number of rotatable bonds is 6. The normalized spacial score (nSPS) is 10.4. The number of benzene rings is 1. The number of pyridine rings is 1. The zero-order valence-corrected chi connectivity index (χ0v) is 12.5. The molecular formula is C17H21N3O. The minimum atomic E-state index is 0.0282. The van der Waals surface area contributed by atoms with Gasteiger partial charge in [-0.3, -0.25) is 9.78 Å². The number of nitrogens with zero attached hydrogens (tertiary/aromatic N) is 1. The number of aryl methyl sites for hydroxylation is 2. The largest absolute Gasteiger partial charge is 0.326 e. The van der Waals surface area contributed by atoms with Crippen LogP contribution in [0.2, 0.25) is 0 Å². The van der Waals surface area contributed by atoms with Crippen molar-refractivity contribution in [3.05, 3.63) is 59.4 Å². The zero-order valence-electron chi connectivity index (χ0n) is 12.5. The second-order valence-corrected chi connectivity index (χ2v) is 5.13. The molecule has 2 N–H and O–H groups in total. The molecule has 2 aromatic rings. The molecule has 0 atom stereocenters. The lowest BCUT2D eigenvalue weighted by Crippen LogP contribution is -2.21. The molecule has 0 radical (unpaired) electrons. The molecule has 21 heavy (non-hydrogen) atoms. The van der Waals surface area contributed by atoms with Gasteiger partial charge in [-0.15, -0.1) is 0 Å². The summed E-state index contributed by atoms with van der Waals surface area (Å²) in [5, 5.41) is 6.17. The fraction of sp³-hybridized carbons (Fsp3) is 0.294. The van der Waals surface area contributed by atoms with E-state index in [1.54, 1.807) is 12.4 Å². The van der Waals surface area contributed by atoms with E-state index in [4.69, 9.17) is 0 Å². The molecule has 1 aromatic heterocycles. The Morgan fingerprint density at radius 1 is 1.10 bits per heavy atom. The summed E-state index contributed by atoms with van der Waals surface area (Å²) < 4.78 is 0. The van der Waals surface area contributed by atoms with Crippen molar-refractivity contribution in [1.29, 1.82) is 0 Å². The van der Waals surface area contributed by atoms with Crippen LogP contribution in [-0.2, 0) is 11.3 Å². The molecular weight excluding hydrogens is 262 g/mol. The van der Waals surface area contributed by atoms with Crippen molar-refractivity contribution in [2.24, 2.45) is 0 Å². The van der Waals surface area contributed by atoms with E-state index >= 15 is 0 Å². The predicted molar refractivity (Wildman–Crippen MR) is 85.1 cm³/mol. The number of carbonyl (C=O) groups is 1. The molecule has 0 bridgehead atoms. The highest BCUT2D eigenvalue weighted by Gasteiger charge is 2.03. The van der Waals surface area contributed by atoms with Gasteiger partial charge < -0.3 is 10.6 Å². The highest BCUT2D eigenvalue weighted by Crippen LogP contribution is 2.14. The van der Waals surface area contributed by atoms with Gasteiger partial charge in [-0.25, -0.2) is 0 Å². The molecule has 0 unspecified atom stereocenters.